The fraction of sp³-hybridized carbons (Fsp3) is 0.308. The van der Waals surface area contributed by atoms with Crippen LogP contribution in [0.5, 0.6) is 0 Å². The third-order valence-corrected chi connectivity index (χ3v) is 2.73. The van der Waals surface area contributed by atoms with Crippen LogP contribution < -0.4 is 10.9 Å². The number of rotatable bonds is 3. The maximum atomic E-state index is 11.7. The summed E-state index contributed by atoms with van der Waals surface area (Å²) >= 11 is 0. The molecule has 2 rings (SSSR count). The second-order valence-electron chi connectivity index (χ2n) is 4.05. The molecule has 0 radical (unpaired) electrons. The fourth-order valence-electron chi connectivity index (χ4n) is 1.97. The summed E-state index contributed by atoms with van der Waals surface area (Å²) in [5.74, 6) is -0.756. The Hall–Kier alpha value is -2.17. The molecule has 5 nitrogen and oxygen atoms in total. The Morgan fingerprint density at radius 1 is 1.39 bits per heavy atom. The van der Waals surface area contributed by atoms with E-state index in [9.17, 15) is 14.4 Å². The van der Waals surface area contributed by atoms with Crippen molar-refractivity contribution in [3.8, 4) is 0 Å². The van der Waals surface area contributed by atoms with Gasteiger partial charge < -0.3 is 4.42 Å². The van der Waals surface area contributed by atoms with Crippen molar-refractivity contribution in [3.63, 3.8) is 0 Å². The molecular formula is C13H13NO4. The van der Waals surface area contributed by atoms with Crippen molar-refractivity contribution in [1.29, 1.82) is 0 Å². The SMILES string of the molecule is C/C=C/CCc1cc(=O)oc2c1C(=O)NC(=O)C2. The van der Waals surface area contributed by atoms with Gasteiger partial charge in [0.2, 0.25) is 5.91 Å². The molecule has 0 aromatic carbocycles. The topological polar surface area (TPSA) is 76.4 Å². The summed E-state index contributed by atoms with van der Waals surface area (Å²) in [4.78, 5) is 34.3. The van der Waals surface area contributed by atoms with Crippen LogP contribution in [-0.4, -0.2) is 11.8 Å². The minimum absolute atomic E-state index is 0.0617. The third-order valence-electron chi connectivity index (χ3n) is 2.73. The van der Waals surface area contributed by atoms with Gasteiger partial charge in [0.1, 0.15) is 5.76 Å². The van der Waals surface area contributed by atoms with Gasteiger partial charge in [0.15, 0.2) is 0 Å². The van der Waals surface area contributed by atoms with Crippen molar-refractivity contribution < 1.29 is 14.0 Å². The summed E-state index contributed by atoms with van der Waals surface area (Å²) in [5, 5.41) is 2.23. The zero-order chi connectivity index (χ0) is 13.1. The number of hydrogen-bond donors (Lipinski definition) is 1. The molecule has 2 amide bonds. The first-order chi connectivity index (χ1) is 8.61. The van der Waals surface area contributed by atoms with E-state index in [2.05, 4.69) is 5.32 Å². The van der Waals surface area contributed by atoms with E-state index < -0.39 is 17.4 Å². The van der Waals surface area contributed by atoms with E-state index in [1.54, 1.807) is 0 Å². The standard InChI is InChI=1S/C13H13NO4/c1-2-3-4-5-8-6-11(16)18-9-7-10(15)14-13(17)12(8)9/h2-3,6H,4-5,7H2,1H3,(H,14,15,17)/b3-2+. The quantitative estimate of drug-likeness (QED) is 0.637. The normalized spacial score (nSPS) is 14.7. The second-order valence-corrected chi connectivity index (χ2v) is 4.05. The van der Waals surface area contributed by atoms with Crippen LogP contribution in [0.3, 0.4) is 0 Å². The van der Waals surface area contributed by atoms with E-state index in [0.717, 1.165) is 6.42 Å². The molecule has 0 unspecified atom stereocenters. The van der Waals surface area contributed by atoms with Crippen molar-refractivity contribution in [1.82, 2.24) is 5.32 Å². The van der Waals surface area contributed by atoms with Crippen LogP contribution in [0, 0.1) is 0 Å². The lowest BCUT2D eigenvalue weighted by Crippen LogP contribution is -2.38. The molecule has 94 valence electrons. The summed E-state index contributed by atoms with van der Waals surface area (Å²) < 4.78 is 4.93. The van der Waals surface area contributed by atoms with Gasteiger partial charge >= 0.3 is 5.63 Å². The lowest BCUT2D eigenvalue weighted by molar-refractivity contribution is -0.120. The molecule has 0 atom stereocenters. The summed E-state index contributed by atoms with van der Waals surface area (Å²) in [5.41, 5.74) is 0.440. The Kier molecular flexibility index (Phi) is 3.41. The molecule has 0 saturated heterocycles. The van der Waals surface area contributed by atoms with Gasteiger partial charge in [0, 0.05) is 6.07 Å². The number of hydrogen-bond acceptors (Lipinski definition) is 4. The molecule has 0 aliphatic carbocycles. The van der Waals surface area contributed by atoms with Crippen LogP contribution in [-0.2, 0) is 17.6 Å². The molecular weight excluding hydrogens is 234 g/mol. The zero-order valence-corrected chi connectivity index (χ0v) is 9.99. The van der Waals surface area contributed by atoms with E-state index in [1.807, 2.05) is 19.1 Å². The van der Waals surface area contributed by atoms with Crippen LogP contribution in [0.25, 0.3) is 0 Å². The number of nitrogens with one attached hydrogen (secondary N) is 1. The van der Waals surface area contributed by atoms with Gasteiger partial charge in [0.25, 0.3) is 5.91 Å². The molecule has 0 bridgehead atoms. The van der Waals surface area contributed by atoms with Crippen LogP contribution in [0.15, 0.2) is 27.4 Å². The molecule has 1 aromatic heterocycles. The largest absolute Gasteiger partial charge is 0.426 e. The molecule has 1 aliphatic heterocycles. The molecule has 1 aromatic rings. The number of fused-ring (bicyclic) bond motifs is 1. The van der Waals surface area contributed by atoms with Gasteiger partial charge in [-0.3, -0.25) is 14.9 Å². The molecule has 1 N–H and O–H groups in total. The molecule has 5 heteroatoms. The van der Waals surface area contributed by atoms with Crippen molar-refractivity contribution in [3.05, 3.63) is 45.5 Å². The molecule has 1 aliphatic rings. The molecule has 0 spiro atoms. The van der Waals surface area contributed by atoms with Crippen molar-refractivity contribution >= 4 is 11.8 Å². The number of allylic oxidation sites excluding steroid dienone is 2. The van der Waals surface area contributed by atoms with E-state index in [0.29, 0.717) is 17.5 Å². The number of aryl methyl sites for hydroxylation is 1. The van der Waals surface area contributed by atoms with Crippen molar-refractivity contribution in [2.75, 3.05) is 0 Å². The Labute approximate surface area is 103 Å². The molecule has 0 fully saturated rings. The Bertz CT molecular complexity index is 583. The minimum Gasteiger partial charge on any atom is -0.426 e. The van der Waals surface area contributed by atoms with E-state index in [4.69, 9.17) is 4.42 Å². The number of carbonyl (C=O) groups is 2. The summed E-state index contributed by atoms with van der Waals surface area (Å²) in [6.07, 6.45) is 5.09. The van der Waals surface area contributed by atoms with E-state index in [-0.39, 0.29) is 12.2 Å². The summed E-state index contributed by atoms with van der Waals surface area (Å²) in [6, 6.07) is 1.32. The van der Waals surface area contributed by atoms with Gasteiger partial charge in [-0.15, -0.1) is 0 Å². The van der Waals surface area contributed by atoms with E-state index >= 15 is 0 Å². The molecule has 2 heterocycles. The van der Waals surface area contributed by atoms with Crippen LogP contribution in [0.2, 0.25) is 0 Å². The van der Waals surface area contributed by atoms with Gasteiger partial charge in [0.05, 0.1) is 12.0 Å². The number of carbonyl (C=O) groups excluding carboxylic acids is 2. The highest BCUT2D eigenvalue weighted by molar-refractivity contribution is 6.09. The highest BCUT2D eigenvalue weighted by Gasteiger charge is 2.27. The second kappa shape index (κ2) is 5.00. The Morgan fingerprint density at radius 3 is 2.89 bits per heavy atom. The van der Waals surface area contributed by atoms with Gasteiger partial charge in [-0.05, 0) is 25.3 Å². The molecule has 18 heavy (non-hydrogen) atoms. The average Bonchev–Trinajstić information content (AvgIpc) is 2.27. The van der Waals surface area contributed by atoms with E-state index in [1.165, 1.54) is 6.07 Å². The number of imide groups is 1. The zero-order valence-electron chi connectivity index (χ0n) is 9.99. The molecule has 0 saturated carbocycles. The third kappa shape index (κ3) is 2.40. The maximum absolute atomic E-state index is 11.7. The lowest BCUT2D eigenvalue weighted by Gasteiger charge is -2.16. The average molecular weight is 247 g/mol. The monoisotopic (exact) mass is 247 g/mol. The summed E-state index contributed by atoms with van der Waals surface area (Å²) in [7, 11) is 0. The van der Waals surface area contributed by atoms with Gasteiger partial charge in [-0.2, -0.15) is 0 Å². The lowest BCUT2D eigenvalue weighted by atomic mass is 9.98. The van der Waals surface area contributed by atoms with Gasteiger partial charge in [-0.1, -0.05) is 12.2 Å². The summed E-state index contributed by atoms with van der Waals surface area (Å²) in [6.45, 7) is 1.90. The van der Waals surface area contributed by atoms with Crippen LogP contribution in [0.1, 0.15) is 35.0 Å². The maximum Gasteiger partial charge on any atom is 0.336 e. The highest BCUT2D eigenvalue weighted by atomic mass is 16.4. The highest BCUT2D eigenvalue weighted by Crippen LogP contribution is 2.18. The van der Waals surface area contributed by atoms with Gasteiger partial charge in [-0.25, -0.2) is 4.79 Å². The van der Waals surface area contributed by atoms with Crippen molar-refractivity contribution in [2.24, 2.45) is 0 Å². The first-order valence-electron chi connectivity index (χ1n) is 5.73. The van der Waals surface area contributed by atoms with Crippen molar-refractivity contribution in [2.45, 2.75) is 26.2 Å². The van der Waals surface area contributed by atoms with Crippen LogP contribution in [0.4, 0.5) is 0 Å². The Balaban J connectivity index is 2.43. The predicted octanol–water partition coefficient (Wildman–Crippen LogP) is 0.961. The first kappa shape index (κ1) is 12.3. The predicted molar refractivity (Wildman–Crippen MR) is 64.3 cm³/mol. The first-order valence-corrected chi connectivity index (χ1v) is 5.73. The fourth-order valence-corrected chi connectivity index (χ4v) is 1.97. The minimum atomic E-state index is -0.522. The smallest absolute Gasteiger partial charge is 0.336 e. The Morgan fingerprint density at radius 2 is 2.17 bits per heavy atom. The number of amides is 2. The van der Waals surface area contributed by atoms with Crippen LogP contribution >= 0.6 is 0 Å².